The van der Waals surface area contributed by atoms with E-state index in [1.54, 1.807) is 7.11 Å². The maximum absolute atomic E-state index is 12.2. The second kappa shape index (κ2) is 4.31. The quantitative estimate of drug-likeness (QED) is 0.818. The third kappa shape index (κ3) is 1.55. The average Bonchev–Trinajstić information content (AvgIpc) is 2.47. The van der Waals surface area contributed by atoms with Crippen molar-refractivity contribution >= 4 is 5.78 Å². The average molecular weight is 287 g/mol. The molecule has 2 bridgehead atoms. The summed E-state index contributed by atoms with van der Waals surface area (Å²) in [7, 11) is 1.67. The van der Waals surface area contributed by atoms with Gasteiger partial charge in [0, 0.05) is 29.9 Å². The molecule has 1 aromatic rings. The number of Topliss-reactive ketones (excluding diaryl/α,β-unsaturated/α-hetero) is 1. The fourth-order valence-corrected chi connectivity index (χ4v) is 4.94. The first-order valence-corrected chi connectivity index (χ1v) is 7.74. The van der Waals surface area contributed by atoms with Crippen LogP contribution in [0.4, 0.5) is 0 Å². The van der Waals surface area contributed by atoms with Gasteiger partial charge >= 0.3 is 0 Å². The van der Waals surface area contributed by atoms with Crippen molar-refractivity contribution in [2.45, 2.75) is 49.2 Å². The van der Waals surface area contributed by atoms with Crippen LogP contribution in [0.1, 0.15) is 36.8 Å². The van der Waals surface area contributed by atoms with Gasteiger partial charge in [0.1, 0.15) is 11.5 Å². The van der Waals surface area contributed by atoms with Crippen LogP contribution < -0.4 is 10.1 Å². The lowest BCUT2D eigenvalue weighted by Crippen LogP contribution is -2.72. The van der Waals surface area contributed by atoms with Gasteiger partial charge < -0.3 is 15.2 Å². The second-order valence-corrected chi connectivity index (χ2v) is 6.68. The van der Waals surface area contributed by atoms with E-state index in [9.17, 15) is 9.90 Å². The molecule has 4 heteroatoms. The van der Waals surface area contributed by atoms with E-state index in [2.05, 4.69) is 11.4 Å². The summed E-state index contributed by atoms with van der Waals surface area (Å²) >= 11 is 0. The van der Waals surface area contributed by atoms with Crippen molar-refractivity contribution in [3.05, 3.63) is 29.3 Å². The number of piperidine rings is 1. The van der Waals surface area contributed by atoms with Crippen molar-refractivity contribution in [3.63, 3.8) is 0 Å². The Morgan fingerprint density at radius 1 is 1.38 bits per heavy atom. The number of ketones is 1. The molecule has 112 valence electrons. The summed E-state index contributed by atoms with van der Waals surface area (Å²) in [4.78, 5) is 12.2. The zero-order chi connectivity index (χ0) is 14.7. The van der Waals surface area contributed by atoms with Gasteiger partial charge in [0.05, 0.1) is 12.7 Å². The molecule has 2 N–H and O–H groups in total. The zero-order valence-electron chi connectivity index (χ0n) is 12.3. The van der Waals surface area contributed by atoms with Crippen molar-refractivity contribution in [1.29, 1.82) is 0 Å². The third-order valence-electron chi connectivity index (χ3n) is 5.87. The van der Waals surface area contributed by atoms with Crippen LogP contribution in [-0.2, 0) is 16.6 Å². The Hall–Kier alpha value is -1.39. The normalized spacial score (nSPS) is 37.6. The molecule has 1 saturated carbocycles. The number of rotatable bonds is 1. The smallest absolute Gasteiger partial charge is 0.134 e. The van der Waals surface area contributed by atoms with Gasteiger partial charge in [-0.05, 0) is 37.4 Å². The Labute approximate surface area is 124 Å². The molecule has 2 fully saturated rings. The molecule has 1 aliphatic heterocycles. The van der Waals surface area contributed by atoms with Crippen LogP contribution in [0.25, 0.3) is 0 Å². The van der Waals surface area contributed by atoms with Gasteiger partial charge in [-0.15, -0.1) is 0 Å². The fraction of sp³-hybridized carbons (Fsp3) is 0.588. The number of ether oxygens (including phenoxy) is 1. The first-order valence-electron chi connectivity index (χ1n) is 7.74. The molecule has 0 spiro atoms. The van der Waals surface area contributed by atoms with E-state index >= 15 is 0 Å². The van der Waals surface area contributed by atoms with Crippen molar-refractivity contribution in [2.75, 3.05) is 13.7 Å². The molecule has 2 aliphatic carbocycles. The Kier molecular flexibility index (Phi) is 2.72. The molecule has 21 heavy (non-hydrogen) atoms. The van der Waals surface area contributed by atoms with E-state index in [0.717, 1.165) is 30.7 Å². The summed E-state index contributed by atoms with van der Waals surface area (Å²) in [6.07, 6.45) is 3.08. The molecule has 3 atom stereocenters. The van der Waals surface area contributed by atoms with Crippen LogP contribution in [0.15, 0.2) is 18.2 Å². The highest BCUT2D eigenvalue weighted by Gasteiger charge is 2.63. The number of nitrogens with one attached hydrogen (secondary N) is 1. The lowest BCUT2D eigenvalue weighted by Gasteiger charge is -2.60. The van der Waals surface area contributed by atoms with Gasteiger partial charge in [-0.2, -0.15) is 0 Å². The van der Waals surface area contributed by atoms with E-state index in [1.165, 1.54) is 5.56 Å². The minimum atomic E-state index is -0.833. The van der Waals surface area contributed by atoms with Crippen molar-refractivity contribution in [1.82, 2.24) is 5.32 Å². The highest BCUT2D eigenvalue weighted by molar-refractivity contribution is 5.82. The minimum absolute atomic E-state index is 0.0407. The molecule has 0 amide bonds. The lowest BCUT2D eigenvalue weighted by molar-refractivity contribution is -0.149. The van der Waals surface area contributed by atoms with Crippen LogP contribution in [0.3, 0.4) is 0 Å². The van der Waals surface area contributed by atoms with Crippen LogP contribution in [0, 0.1) is 0 Å². The molecular weight excluding hydrogens is 266 g/mol. The number of aliphatic hydroxyl groups is 1. The molecule has 4 rings (SSSR count). The van der Waals surface area contributed by atoms with Crippen molar-refractivity contribution in [3.8, 4) is 5.75 Å². The van der Waals surface area contributed by atoms with Gasteiger partial charge in [0.25, 0.3) is 0 Å². The van der Waals surface area contributed by atoms with Crippen LogP contribution in [0.5, 0.6) is 5.75 Å². The van der Waals surface area contributed by atoms with E-state index in [1.807, 2.05) is 12.1 Å². The molecule has 4 nitrogen and oxygen atoms in total. The summed E-state index contributed by atoms with van der Waals surface area (Å²) in [5.41, 5.74) is 0.992. The number of carbonyl (C=O) groups is 1. The number of hydrogen-bond donors (Lipinski definition) is 2. The fourth-order valence-electron chi connectivity index (χ4n) is 4.94. The second-order valence-electron chi connectivity index (χ2n) is 6.68. The van der Waals surface area contributed by atoms with Crippen molar-refractivity contribution < 1.29 is 14.6 Å². The van der Waals surface area contributed by atoms with E-state index in [0.29, 0.717) is 19.3 Å². The number of fused-ring (bicyclic) bond motifs is 1. The molecule has 0 aromatic heterocycles. The molecule has 0 radical (unpaired) electrons. The zero-order valence-corrected chi connectivity index (χ0v) is 12.3. The largest absolute Gasteiger partial charge is 0.496 e. The molecular formula is C17H21NO3. The maximum Gasteiger partial charge on any atom is 0.134 e. The number of carbonyl (C=O) groups excluding carboxylic acids is 1. The number of hydrogen-bond acceptors (Lipinski definition) is 4. The first kappa shape index (κ1) is 13.3. The highest BCUT2D eigenvalue weighted by Crippen LogP contribution is 2.57. The van der Waals surface area contributed by atoms with E-state index in [4.69, 9.17) is 4.74 Å². The van der Waals surface area contributed by atoms with Gasteiger partial charge in [0.2, 0.25) is 0 Å². The van der Waals surface area contributed by atoms with Crippen molar-refractivity contribution in [2.24, 2.45) is 0 Å². The Morgan fingerprint density at radius 2 is 2.24 bits per heavy atom. The van der Waals surface area contributed by atoms with Crippen LogP contribution in [0.2, 0.25) is 0 Å². The molecule has 3 aliphatic rings. The Balaban J connectivity index is 2.00. The summed E-state index contributed by atoms with van der Waals surface area (Å²) in [5.74, 6) is 1.08. The predicted molar refractivity (Wildman–Crippen MR) is 78.6 cm³/mol. The van der Waals surface area contributed by atoms with Gasteiger partial charge in [-0.1, -0.05) is 12.1 Å². The highest BCUT2D eigenvalue weighted by atomic mass is 16.5. The Morgan fingerprint density at radius 3 is 3.05 bits per heavy atom. The van der Waals surface area contributed by atoms with E-state index < -0.39 is 11.0 Å². The molecule has 1 unspecified atom stereocenters. The summed E-state index contributed by atoms with van der Waals surface area (Å²) in [5, 5.41) is 15.0. The topological polar surface area (TPSA) is 58.6 Å². The molecule has 1 aromatic carbocycles. The monoisotopic (exact) mass is 287 g/mol. The summed E-state index contributed by atoms with van der Waals surface area (Å²) in [6, 6.07) is 6.10. The molecule has 1 saturated heterocycles. The standard InChI is InChI=1S/C17H21NO3/c1-21-13-4-2-3-11-9-14-17(20)6-5-12(19)10-16(17,15(11)13)7-8-18-14/h2-4,14,18,20H,5-10H2,1H3/t14-,16-,17?/m1/s1. The predicted octanol–water partition coefficient (Wildman–Crippen LogP) is 1.34. The summed E-state index contributed by atoms with van der Waals surface area (Å²) in [6.45, 7) is 0.845. The van der Waals surface area contributed by atoms with Gasteiger partial charge in [-0.3, -0.25) is 4.79 Å². The minimum Gasteiger partial charge on any atom is -0.496 e. The van der Waals surface area contributed by atoms with Gasteiger partial charge in [-0.25, -0.2) is 0 Å². The third-order valence-corrected chi connectivity index (χ3v) is 5.87. The number of methoxy groups -OCH3 is 1. The molecule has 1 heterocycles. The van der Waals surface area contributed by atoms with Crippen LogP contribution in [-0.4, -0.2) is 36.2 Å². The lowest BCUT2D eigenvalue weighted by atomic mass is 9.49. The SMILES string of the molecule is COc1cccc2c1[C@]13CCN[C@H](C2)C1(O)CCC(=O)C3. The number of benzene rings is 1. The Bertz CT molecular complexity index is 614. The summed E-state index contributed by atoms with van der Waals surface area (Å²) < 4.78 is 5.59. The van der Waals surface area contributed by atoms with Gasteiger partial charge in [0.15, 0.2) is 0 Å². The first-order chi connectivity index (χ1) is 10.1. The maximum atomic E-state index is 12.2. The van der Waals surface area contributed by atoms with Crippen LogP contribution >= 0.6 is 0 Å². The van der Waals surface area contributed by atoms with E-state index in [-0.39, 0.29) is 11.8 Å².